The molecular formula is C23H17F4N3S. The third kappa shape index (κ3) is 5.14. The number of aromatic nitrogens is 3. The lowest BCUT2D eigenvalue weighted by Gasteiger charge is -2.11. The van der Waals surface area contributed by atoms with E-state index in [1.54, 1.807) is 18.2 Å². The molecule has 4 aromatic rings. The van der Waals surface area contributed by atoms with E-state index in [4.69, 9.17) is 0 Å². The molecule has 1 aromatic heterocycles. The molecule has 0 saturated carbocycles. The highest BCUT2D eigenvalue weighted by atomic mass is 32.2. The molecule has 0 radical (unpaired) electrons. The van der Waals surface area contributed by atoms with Gasteiger partial charge >= 0.3 is 6.18 Å². The molecule has 8 heteroatoms. The molecule has 0 spiro atoms. The Bertz CT molecular complexity index is 1160. The van der Waals surface area contributed by atoms with Gasteiger partial charge in [0.15, 0.2) is 11.0 Å². The fraction of sp³-hybridized carbons (Fsp3) is 0.130. The summed E-state index contributed by atoms with van der Waals surface area (Å²) in [6, 6.07) is 20.9. The van der Waals surface area contributed by atoms with Gasteiger partial charge in [-0.3, -0.25) is 4.57 Å². The number of nitrogens with zero attached hydrogens (tertiary/aromatic N) is 3. The largest absolute Gasteiger partial charge is 0.416 e. The zero-order valence-corrected chi connectivity index (χ0v) is 17.0. The van der Waals surface area contributed by atoms with Crippen LogP contribution in [0.25, 0.3) is 11.4 Å². The van der Waals surface area contributed by atoms with Gasteiger partial charge in [0.2, 0.25) is 0 Å². The topological polar surface area (TPSA) is 30.7 Å². The second-order valence-corrected chi connectivity index (χ2v) is 7.81. The summed E-state index contributed by atoms with van der Waals surface area (Å²) in [7, 11) is 0. The fourth-order valence-electron chi connectivity index (χ4n) is 3.10. The summed E-state index contributed by atoms with van der Waals surface area (Å²) in [5.41, 5.74) is 1.59. The van der Waals surface area contributed by atoms with Crippen LogP contribution in [0.2, 0.25) is 0 Å². The van der Waals surface area contributed by atoms with E-state index >= 15 is 0 Å². The van der Waals surface area contributed by atoms with Crippen molar-refractivity contribution >= 4 is 11.8 Å². The zero-order chi connectivity index (χ0) is 21.8. The van der Waals surface area contributed by atoms with Crippen molar-refractivity contribution in [3.05, 3.63) is 101 Å². The number of thioether (sulfide) groups is 1. The average Bonchev–Trinajstić information content (AvgIpc) is 3.15. The SMILES string of the molecule is Fc1ccc(-c2nnc(SCc3cccc(C(F)(F)F)c3)n2Cc2ccccc2)cc1. The van der Waals surface area contributed by atoms with E-state index in [-0.39, 0.29) is 5.82 Å². The van der Waals surface area contributed by atoms with Gasteiger partial charge in [-0.2, -0.15) is 13.2 Å². The van der Waals surface area contributed by atoms with Gasteiger partial charge in [0, 0.05) is 11.3 Å². The predicted octanol–water partition coefficient (Wildman–Crippen LogP) is 6.44. The maximum Gasteiger partial charge on any atom is 0.416 e. The molecular weight excluding hydrogens is 426 g/mol. The maximum absolute atomic E-state index is 13.4. The molecule has 0 N–H and O–H groups in total. The molecule has 0 aliphatic carbocycles. The molecule has 0 fully saturated rings. The molecule has 0 bridgehead atoms. The van der Waals surface area contributed by atoms with E-state index in [1.807, 2.05) is 34.9 Å². The first-order valence-electron chi connectivity index (χ1n) is 9.42. The van der Waals surface area contributed by atoms with Crippen LogP contribution in [-0.4, -0.2) is 14.8 Å². The third-order valence-corrected chi connectivity index (χ3v) is 5.66. The zero-order valence-electron chi connectivity index (χ0n) is 16.2. The molecule has 0 amide bonds. The summed E-state index contributed by atoms with van der Waals surface area (Å²) in [6.45, 7) is 0.478. The number of halogens is 4. The smallest absolute Gasteiger partial charge is 0.298 e. The highest BCUT2D eigenvalue weighted by Crippen LogP contribution is 2.32. The predicted molar refractivity (Wildman–Crippen MR) is 112 cm³/mol. The van der Waals surface area contributed by atoms with Gasteiger partial charge in [0.05, 0.1) is 12.1 Å². The minimum absolute atomic E-state index is 0.306. The van der Waals surface area contributed by atoms with Crippen LogP contribution in [0.4, 0.5) is 17.6 Å². The van der Waals surface area contributed by atoms with E-state index in [9.17, 15) is 17.6 Å². The summed E-state index contributed by atoms with van der Waals surface area (Å²) >= 11 is 1.31. The minimum atomic E-state index is -4.39. The van der Waals surface area contributed by atoms with Crippen LogP contribution in [0.15, 0.2) is 84.0 Å². The molecule has 0 unspecified atom stereocenters. The summed E-state index contributed by atoms with van der Waals surface area (Å²) in [4.78, 5) is 0. The monoisotopic (exact) mass is 443 g/mol. The Balaban J connectivity index is 1.63. The van der Waals surface area contributed by atoms with Crippen molar-refractivity contribution < 1.29 is 17.6 Å². The Morgan fingerprint density at radius 3 is 2.23 bits per heavy atom. The quantitative estimate of drug-likeness (QED) is 0.254. The van der Waals surface area contributed by atoms with Crippen molar-refractivity contribution in [3.8, 4) is 11.4 Å². The Kier molecular flexibility index (Phi) is 6.08. The van der Waals surface area contributed by atoms with Crippen molar-refractivity contribution in [1.29, 1.82) is 0 Å². The van der Waals surface area contributed by atoms with Gasteiger partial charge in [-0.1, -0.05) is 60.3 Å². The van der Waals surface area contributed by atoms with E-state index < -0.39 is 11.7 Å². The highest BCUT2D eigenvalue weighted by Gasteiger charge is 2.30. The fourth-order valence-corrected chi connectivity index (χ4v) is 3.98. The molecule has 0 saturated heterocycles. The molecule has 0 aliphatic heterocycles. The molecule has 158 valence electrons. The van der Waals surface area contributed by atoms with Gasteiger partial charge in [-0.05, 0) is 41.5 Å². The third-order valence-electron chi connectivity index (χ3n) is 4.63. The highest BCUT2D eigenvalue weighted by molar-refractivity contribution is 7.98. The van der Waals surface area contributed by atoms with Crippen molar-refractivity contribution in [2.75, 3.05) is 0 Å². The first-order chi connectivity index (χ1) is 14.9. The summed E-state index contributed by atoms with van der Waals surface area (Å²) in [5, 5.41) is 9.10. The van der Waals surface area contributed by atoms with Gasteiger partial charge in [0.25, 0.3) is 0 Å². The van der Waals surface area contributed by atoms with Gasteiger partial charge in [-0.25, -0.2) is 4.39 Å². The summed E-state index contributed by atoms with van der Waals surface area (Å²) < 4.78 is 54.2. The number of alkyl halides is 3. The second-order valence-electron chi connectivity index (χ2n) is 6.87. The molecule has 4 rings (SSSR count). The van der Waals surface area contributed by atoms with Gasteiger partial charge in [0.1, 0.15) is 5.82 Å². The number of rotatable bonds is 6. The lowest BCUT2D eigenvalue weighted by molar-refractivity contribution is -0.137. The normalized spacial score (nSPS) is 11.6. The van der Waals surface area contributed by atoms with Gasteiger partial charge in [-0.15, -0.1) is 10.2 Å². The molecule has 1 heterocycles. The van der Waals surface area contributed by atoms with E-state index in [1.165, 1.54) is 30.0 Å². The minimum Gasteiger partial charge on any atom is -0.298 e. The second kappa shape index (κ2) is 8.93. The maximum atomic E-state index is 13.4. The molecule has 0 aliphatic rings. The van der Waals surface area contributed by atoms with Crippen molar-refractivity contribution in [3.63, 3.8) is 0 Å². The summed E-state index contributed by atoms with van der Waals surface area (Å²) in [6.07, 6.45) is -4.39. The number of hydrogen-bond donors (Lipinski definition) is 0. The van der Waals surface area contributed by atoms with Crippen LogP contribution in [0.3, 0.4) is 0 Å². The Morgan fingerprint density at radius 1 is 0.806 bits per heavy atom. The van der Waals surface area contributed by atoms with Crippen molar-refractivity contribution in [2.45, 2.75) is 23.6 Å². The van der Waals surface area contributed by atoms with Crippen LogP contribution < -0.4 is 0 Å². The van der Waals surface area contributed by atoms with Crippen LogP contribution in [0.1, 0.15) is 16.7 Å². The number of benzene rings is 3. The molecule has 3 nitrogen and oxygen atoms in total. The van der Waals surface area contributed by atoms with Crippen LogP contribution >= 0.6 is 11.8 Å². The molecule has 0 atom stereocenters. The van der Waals surface area contributed by atoms with Crippen LogP contribution in [0.5, 0.6) is 0 Å². The summed E-state index contributed by atoms with van der Waals surface area (Å²) in [5.74, 6) is 0.521. The van der Waals surface area contributed by atoms with Crippen molar-refractivity contribution in [2.24, 2.45) is 0 Å². The lowest BCUT2D eigenvalue weighted by Crippen LogP contribution is -2.05. The first-order valence-corrected chi connectivity index (χ1v) is 10.4. The lowest BCUT2D eigenvalue weighted by atomic mass is 10.1. The standard InChI is InChI=1S/C23H17F4N3S/c24-20-11-9-18(10-12-20)21-28-29-22(30(21)14-16-5-2-1-3-6-16)31-15-17-7-4-8-19(13-17)23(25,26)27/h1-13H,14-15H2. The number of hydrogen-bond acceptors (Lipinski definition) is 3. The van der Waals surface area contributed by atoms with Crippen LogP contribution in [0, 0.1) is 5.82 Å². The van der Waals surface area contributed by atoms with Crippen molar-refractivity contribution in [1.82, 2.24) is 14.8 Å². The Hall–Kier alpha value is -3.13. The van der Waals surface area contributed by atoms with E-state index in [0.717, 1.165) is 17.7 Å². The average molecular weight is 443 g/mol. The van der Waals surface area contributed by atoms with Crippen LogP contribution in [-0.2, 0) is 18.5 Å². The Morgan fingerprint density at radius 2 is 1.52 bits per heavy atom. The molecule has 31 heavy (non-hydrogen) atoms. The van der Waals surface area contributed by atoms with E-state index in [0.29, 0.717) is 34.4 Å². The first kappa shape index (κ1) is 21.1. The van der Waals surface area contributed by atoms with E-state index in [2.05, 4.69) is 10.2 Å². The van der Waals surface area contributed by atoms with Gasteiger partial charge < -0.3 is 0 Å². The molecule has 3 aromatic carbocycles. The Labute approximate surface area is 180 Å².